The molecule has 3 unspecified atom stereocenters. The smallest absolute Gasteiger partial charge is 0.382 e. The first-order valence-corrected chi connectivity index (χ1v) is 17.5. The van der Waals surface area contributed by atoms with Crippen molar-refractivity contribution in [3.63, 3.8) is 0 Å². The lowest BCUT2D eigenvalue weighted by molar-refractivity contribution is -0.128. The largest absolute Gasteiger partial charge is 0.387 e. The zero-order chi connectivity index (χ0) is 26.5. The second-order valence-electron chi connectivity index (χ2n) is 10.8. The van der Waals surface area contributed by atoms with Crippen LogP contribution in [0.2, 0.25) is 12.6 Å². The molecule has 37 heavy (non-hydrogen) atoms. The summed E-state index contributed by atoms with van der Waals surface area (Å²) in [5, 5.41) is 3.49. The fourth-order valence-electron chi connectivity index (χ4n) is 6.77. The van der Waals surface area contributed by atoms with Gasteiger partial charge >= 0.3 is 6.80 Å². The van der Waals surface area contributed by atoms with E-state index in [1.807, 2.05) is 0 Å². The molecule has 0 aromatic carbocycles. The Bertz CT molecular complexity index is 832. The van der Waals surface area contributed by atoms with Crippen LogP contribution in [0.4, 0.5) is 0 Å². The lowest BCUT2D eigenvalue weighted by atomic mass is 9.60. The van der Waals surface area contributed by atoms with Gasteiger partial charge in [0.15, 0.2) is 0 Å². The van der Waals surface area contributed by atoms with E-state index in [0.717, 1.165) is 62.5 Å². The molecule has 0 amide bonds. The summed E-state index contributed by atoms with van der Waals surface area (Å²) in [6.45, 7) is -3.46. The van der Waals surface area contributed by atoms with Crippen LogP contribution in [0.1, 0.15) is 51.4 Å². The molecule has 2 bridgehead atoms. The standard InChI is InChI=1S/C24H39B2O7PS3/c1-29-15-19-17(13-20(31-19)25-9-3-11-35)24-7-5-23(6-8-24,16-37-34(27,28)33-24)22-18(30-2)14-21(32-22)26-10-4-12-36/h11-12,17-22H,3-10,13-16H2,1-2H3,(H,27,28)/t17?,18?,19-,20-,21-,22+,23?,24?/m1/s1. The van der Waals surface area contributed by atoms with E-state index in [1.165, 1.54) is 0 Å². The first kappa shape index (κ1) is 30.6. The van der Waals surface area contributed by atoms with Crippen LogP contribution in [-0.2, 0) is 28.0 Å². The van der Waals surface area contributed by atoms with Crippen molar-refractivity contribution < 1.29 is 32.9 Å². The number of ether oxygens (including phenoxy) is 4. The topological polar surface area (TPSA) is 83.5 Å². The van der Waals surface area contributed by atoms with Gasteiger partial charge in [0.1, 0.15) is 14.6 Å². The Labute approximate surface area is 237 Å². The summed E-state index contributed by atoms with van der Waals surface area (Å²) in [7, 11) is 7.77. The predicted octanol–water partition coefficient (Wildman–Crippen LogP) is 4.68. The van der Waals surface area contributed by atoms with Crippen LogP contribution in [0.3, 0.4) is 0 Å². The fourth-order valence-corrected chi connectivity index (χ4v) is 10.6. The van der Waals surface area contributed by atoms with E-state index in [1.54, 1.807) is 25.0 Å². The van der Waals surface area contributed by atoms with Crippen molar-refractivity contribution >= 4 is 67.9 Å². The van der Waals surface area contributed by atoms with E-state index in [0.29, 0.717) is 25.2 Å². The van der Waals surface area contributed by atoms with Gasteiger partial charge in [0, 0.05) is 43.3 Å². The van der Waals surface area contributed by atoms with Gasteiger partial charge in [-0.15, -0.1) is 0 Å². The van der Waals surface area contributed by atoms with Gasteiger partial charge in [0.25, 0.3) is 0 Å². The van der Waals surface area contributed by atoms with Crippen LogP contribution in [0.15, 0.2) is 0 Å². The van der Waals surface area contributed by atoms with Crippen molar-refractivity contribution in [2.45, 2.75) is 99.9 Å². The van der Waals surface area contributed by atoms with Gasteiger partial charge in [-0.2, -0.15) is 0 Å². The Kier molecular flexibility index (Phi) is 11.2. The van der Waals surface area contributed by atoms with Crippen LogP contribution >= 0.6 is 42.6 Å². The summed E-state index contributed by atoms with van der Waals surface area (Å²) in [5.41, 5.74) is -0.978. The normalized spacial score (nSPS) is 43.8. The van der Waals surface area contributed by atoms with Crippen LogP contribution in [0, 0.1) is 11.3 Å². The van der Waals surface area contributed by atoms with E-state index in [9.17, 15) is 9.46 Å². The minimum atomic E-state index is -3.89. The third-order valence-corrected chi connectivity index (χ3v) is 12.3. The zero-order valence-corrected chi connectivity index (χ0v) is 25.2. The highest BCUT2D eigenvalue weighted by atomic mass is 32.7. The molecule has 5 aliphatic rings. The van der Waals surface area contributed by atoms with E-state index >= 15 is 0 Å². The molecule has 7 nitrogen and oxygen atoms in total. The summed E-state index contributed by atoms with van der Waals surface area (Å²) < 4.78 is 44.0. The number of hydrogen-bond acceptors (Lipinski definition) is 9. The minimum absolute atomic E-state index is 0.0107. The number of fused-ring (bicyclic) bond motifs is 5. The molecule has 5 rings (SSSR count). The lowest BCUT2D eigenvalue weighted by Gasteiger charge is -2.54. The van der Waals surface area contributed by atoms with Crippen molar-refractivity contribution in [3.05, 3.63) is 0 Å². The Morgan fingerprint density at radius 2 is 1.70 bits per heavy atom. The first-order valence-electron chi connectivity index (χ1n) is 13.3. The molecule has 4 heterocycles. The predicted molar refractivity (Wildman–Crippen MR) is 157 cm³/mol. The third kappa shape index (κ3) is 7.11. The van der Waals surface area contributed by atoms with E-state index in [-0.39, 0.29) is 41.7 Å². The average Bonchev–Trinajstić information content (AvgIpc) is 3.48. The van der Waals surface area contributed by atoms with Gasteiger partial charge in [0.05, 0.1) is 30.5 Å². The molecular weight excluding hydrogens is 549 g/mol. The Balaban J connectivity index is 1.54. The molecule has 0 aromatic rings. The van der Waals surface area contributed by atoms with E-state index in [2.05, 4.69) is 14.6 Å². The number of methoxy groups -OCH3 is 2. The van der Waals surface area contributed by atoms with Gasteiger partial charge < -0.3 is 23.8 Å². The molecule has 13 heteroatoms. The van der Waals surface area contributed by atoms with Gasteiger partial charge in [0.2, 0.25) is 0 Å². The maximum Gasteiger partial charge on any atom is 0.387 e. The average molecular weight is 588 g/mol. The fraction of sp³-hybridized carbons (Fsp3) is 0.917. The summed E-state index contributed by atoms with van der Waals surface area (Å²) in [6, 6.07) is -0.0304. The SMILES string of the molecule is COC[C@H]1O[C@@H]([B]CCC=S)CC1C12CCC([C@H]3O[C@@H]([B]CCC=S)CC3OC)(CC1)CSP(=O)(O)O2. The maximum atomic E-state index is 13.4. The highest BCUT2D eigenvalue weighted by Crippen LogP contribution is 2.69. The van der Waals surface area contributed by atoms with Crippen molar-refractivity contribution in [3.8, 4) is 0 Å². The molecule has 1 N–H and O–H groups in total. The van der Waals surface area contributed by atoms with Crippen molar-refractivity contribution in [1.82, 2.24) is 0 Å². The summed E-state index contributed by atoms with van der Waals surface area (Å²) in [6.07, 6.45) is 7.69. The number of hydrogen-bond donors (Lipinski definition) is 1. The van der Waals surface area contributed by atoms with Crippen LogP contribution in [0.5, 0.6) is 0 Å². The van der Waals surface area contributed by atoms with Crippen LogP contribution < -0.4 is 0 Å². The summed E-state index contributed by atoms with van der Waals surface area (Å²) in [5.74, 6) is 0.488. The lowest BCUT2D eigenvalue weighted by Crippen LogP contribution is -2.55. The van der Waals surface area contributed by atoms with Gasteiger partial charge in [-0.25, -0.2) is 4.57 Å². The summed E-state index contributed by atoms with van der Waals surface area (Å²) in [4.78, 5) is 11.0. The molecular formula is C24H39B2O7PS3. The summed E-state index contributed by atoms with van der Waals surface area (Å²) >= 11 is 11.0. The van der Waals surface area contributed by atoms with E-state index in [4.69, 9.17) is 47.9 Å². The molecule has 1 aliphatic carbocycles. The van der Waals surface area contributed by atoms with Crippen LogP contribution in [-0.4, -0.2) is 92.7 Å². The van der Waals surface area contributed by atoms with Crippen molar-refractivity contribution in [1.29, 1.82) is 0 Å². The van der Waals surface area contributed by atoms with Gasteiger partial charge in [-0.05, 0) is 73.5 Å². The highest BCUT2D eigenvalue weighted by Gasteiger charge is 2.61. The molecule has 2 radical (unpaired) electrons. The molecule has 0 aromatic heterocycles. The van der Waals surface area contributed by atoms with Crippen molar-refractivity contribution in [2.24, 2.45) is 11.3 Å². The van der Waals surface area contributed by atoms with Crippen molar-refractivity contribution in [2.75, 3.05) is 26.6 Å². The Hall–Kier alpha value is 0.650. The molecule has 0 spiro atoms. The highest BCUT2D eigenvalue weighted by molar-refractivity contribution is 8.54. The van der Waals surface area contributed by atoms with E-state index < -0.39 is 12.4 Å². The number of rotatable bonds is 13. The molecule has 1 saturated carbocycles. The Morgan fingerprint density at radius 3 is 2.30 bits per heavy atom. The maximum absolute atomic E-state index is 13.4. The zero-order valence-electron chi connectivity index (χ0n) is 21.8. The molecule has 4 aliphatic heterocycles. The van der Waals surface area contributed by atoms with Crippen LogP contribution in [0.25, 0.3) is 0 Å². The molecule has 4 saturated heterocycles. The Morgan fingerprint density at radius 1 is 1.05 bits per heavy atom. The number of thiocarbonyl (C=S) groups is 2. The molecule has 206 valence electrons. The minimum Gasteiger partial charge on any atom is -0.382 e. The molecule has 5 fully saturated rings. The molecule has 7 atom stereocenters. The second kappa shape index (κ2) is 13.5. The second-order valence-corrected chi connectivity index (χ2v) is 15.3. The quantitative estimate of drug-likeness (QED) is 0.142. The monoisotopic (exact) mass is 588 g/mol. The van der Waals surface area contributed by atoms with Gasteiger partial charge in [-0.3, -0.25) is 4.52 Å². The van der Waals surface area contributed by atoms with Gasteiger partial charge in [-0.1, -0.05) is 37.1 Å². The third-order valence-electron chi connectivity index (χ3n) is 8.65. The first-order chi connectivity index (χ1) is 17.8.